The number of nitrogens with one attached hydrogen (secondary N) is 1. The maximum absolute atomic E-state index is 13.2. The summed E-state index contributed by atoms with van der Waals surface area (Å²) in [6, 6.07) is 3.87. The van der Waals surface area contributed by atoms with Gasteiger partial charge in [0.05, 0.1) is 4.90 Å². The molecule has 1 aromatic carbocycles. The van der Waals surface area contributed by atoms with E-state index < -0.39 is 15.8 Å². The van der Waals surface area contributed by atoms with Crippen molar-refractivity contribution in [2.24, 2.45) is 5.41 Å². The van der Waals surface area contributed by atoms with Crippen LogP contribution in [0.2, 0.25) is 0 Å². The van der Waals surface area contributed by atoms with E-state index in [1.54, 1.807) is 11.2 Å². The first-order valence-corrected chi connectivity index (χ1v) is 8.84. The summed E-state index contributed by atoms with van der Waals surface area (Å²) < 4.78 is 40.3. The van der Waals surface area contributed by atoms with Gasteiger partial charge in [0.15, 0.2) is 0 Å². The van der Waals surface area contributed by atoms with Gasteiger partial charge in [-0.1, -0.05) is 0 Å². The average Bonchev–Trinajstić information content (AvgIpc) is 2.83. The lowest BCUT2D eigenvalue weighted by atomic mass is 9.80. The smallest absolute Gasteiger partial charge is 0.243 e. The van der Waals surface area contributed by atoms with Gasteiger partial charge < -0.3 is 5.32 Å². The molecule has 0 unspecified atom stereocenters. The molecule has 0 radical (unpaired) electrons. The molecule has 3 rings (SSSR count). The Labute approximate surface area is 125 Å². The van der Waals surface area contributed by atoms with E-state index >= 15 is 0 Å². The van der Waals surface area contributed by atoms with Crippen LogP contribution in [0.1, 0.15) is 24.8 Å². The minimum Gasteiger partial charge on any atom is -0.316 e. The second kappa shape index (κ2) is 5.34. The molecule has 1 aromatic rings. The van der Waals surface area contributed by atoms with Crippen molar-refractivity contribution in [2.45, 2.75) is 31.1 Å². The third-order valence-corrected chi connectivity index (χ3v) is 6.72. The first-order valence-electron chi connectivity index (χ1n) is 7.40. The van der Waals surface area contributed by atoms with Crippen LogP contribution < -0.4 is 5.32 Å². The van der Waals surface area contributed by atoms with E-state index in [4.69, 9.17) is 0 Å². The summed E-state index contributed by atoms with van der Waals surface area (Å²) >= 11 is 0. The summed E-state index contributed by atoms with van der Waals surface area (Å²) in [5, 5.41) is 3.38. The van der Waals surface area contributed by atoms with Gasteiger partial charge in [0.2, 0.25) is 10.0 Å². The molecule has 2 aliphatic rings. The third kappa shape index (κ3) is 2.72. The lowest BCUT2D eigenvalue weighted by Crippen LogP contribution is -2.42. The van der Waals surface area contributed by atoms with E-state index in [-0.39, 0.29) is 10.3 Å². The molecule has 2 saturated heterocycles. The molecule has 2 aliphatic heterocycles. The summed E-state index contributed by atoms with van der Waals surface area (Å²) in [6.07, 6.45) is 3.08. The zero-order valence-electron chi connectivity index (χ0n) is 12.2. The summed E-state index contributed by atoms with van der Waals surface area (Å²) in [4.78, 5) is 0.227. The number of halogens is 1. The van der Waals surface area contributed by atoms with Gasteiger partial charge in [-0.3, -0.25) is 0 Å². The van der Waals surface area contributed by atoms with Crippen LogP contribution in [0.15, 0.2) is 23.1 Å². The third-order valence-electron chi connectivity index (χ3n) is 4.72. The number of hydrogen-bond acceptors (Lipinski definition) is 3. The molecule has 1 atom stereocenters. The Balaban J connectivity index is 1.86. The fraction of sp³-hybridized carbons (Fsp3) is 0.600. The molecular formula is C15H21FN2O2S. The fourth-order valence-electron chi connectivity index (χ4n) is 3.52. The molecule has 0 bridgehead atoms. The first kappa shape index (κ1) is 14.9. The summed E-state index contributed by atoms with van der Waals surface area (Å²) in [7, 11) is -3.52. The van der Waals surface area contributed by atoms with Crippen molar-refractivity contribution in [3.05, 3.63) is 29.6 Å². The van der Waals surface area contributed by atoms with Crippen LogP contribution in [0.25, 0.3) is 0 Å². The van der Waals surface area contributed by atoms with Gasteiger partial charge in [0.1, 0.15) is 5.82 Å². The van der Waals surface area contributed by atoms with E-state index in [1.807, 2.05) is 0 Å². The van der Waals surface area contributed by atoms with E-state index in [0.29, 0.717) is 18.7 Å². The normalized spacial score (nSPS) is 27.3. The zero-order chi connectivity index (χ0) is 15.1. The van der Waals surface area contributed by atoms with Gasteiger partial charge in [0.25, 0.3) is 0 Å². The Bertz CT molecular complexity index is 639. The van der Waals surface area contributed by atoms with Crippen molar-refractivity contribution in [1.29, 1.82) is 0 Å². The number of hydrogen-bond donors (Lipinski definition) is 1. The van der Waals surface area contributed by atoms with Crippen molar-refractivity contribution in [3.63, 3.8) is 0 Å². The average molecular weight is 312 g/mol. The fourth-order valence-corrected chi connectivity index (χ4v) is 5.28. The molecule has 2 fully saturated rings. The molecule has 1 N–H and O–H groups in total. The van der Waals surface area contributed by atoms with E-state index in [0.717, 1.165) is 32.4 Å². The standard InChI is InChI=1S/C15H21FN2O2S/c1-12-9-13(16)3-4-14(12)21(19,20)18-8-6-15(11-18)5-2-7-17-10-15/h3-4,9,17H,2,5-8,10-11H2,1H3/t15-/m1/s1. The van der Waals surface area contributed by atoms with E-state index in [1.165, 1.54) is 18.2 Å². The van der Waals surface area contributed by atoms with Crippen LogP contribution in [0.5, 0.6) is 0 Å². The Morgan fingerprint density at radius 2 is 2.14 bits per heavy atom. The second-order valence-corrected chi connectivity index (χ2v) is 8.19. The SMILES string of the molecule is Cc1cc(F)ccc1S(=O)(=O)N1CC[C@@]2(CCCNC2)C1. The van der Waals surface area contributed by atoms with E-state index in [9.17, 15) is 12.8 Å². The number of sulfonamides is 1. The van der Waals surface area contributed by atoms with Crippen LogP contribution in [0.3, 0.4) is 0 Å². The van der Waals surface area contributed by atoms with Gasteiger partial charge in [-0.05, 0) is 61.9 Å². The zero-order valence-corrected chi connectivity index (χ0v) is 13.0. The highest BCUT2D eigenvalue weighted by Gasteiger charge is 2.43. The van der Waals surface area contributed by atoms with Gasteiger partial charge in [-0.25, -0.2) is 12.8 Å². The quantitative estimate of drug-likeness (QED) is 0.907. The molecule has 0 saturated carbocycles. The van der Waals surface area contributed by atoms with Crippen LogP contribution in [-0.4, -0.2) is 38.9 Å². The highest BCUT2D eigenvalue weighted by molar-refractivity contribution is 7.89. The van der Waals surface area contributed by atoms with Crippen molar-refractivity contribution < 1.29 is 12.8 Å². The molecule has 6 heteroatoms. The van der Waals surface area contributed by atoms with Crippen LogP contribution in [-0.2, 0) is 10.0 Å². The molecule has 0 amide bonds. The Hall–Kier alpha value is -0.980. The number of rotatable bonds is 2. The van der Waals surface area contributed by atoms with Gasteiger partial charge >= 0.3 is 0 Å². The molecule has 0 aromatic heterocycles. The Morgan fingerprint density at radius 1 is 1.33 bits per heavy atom. The highest BCUT2D eigenvalue weighted by atomic mass is 32.2. The Kier molecular flexibility index (Phi) is 3.80. The highest BCUT2D eigenvalue weighted by Crippen LogP contribution is 2.39. The molecule has 0 aliphatic carbocycles. The number of piperidine rings is 1. The largest absolute Gasteiger partial charge is 0.316 e. The van der Waals surface area contributed by atoms with Gasteiger partial charge in [-0.15, -0.1) is 0 Å². The van der Waals surface area contributed by atoms with Crippen molar-refractivity contribution in [2.75, 3.05) is 26.2 Å². The van der Waals surface area contributed by atoms with Crippen LogP contribution >= 0.6 is 0 Å². The number of nitrogens with zero attached hydrogens (tertiary/aromatic N) is 1. The van der Waals surface area contributed by atoms with Gasteiger partial charge in [0, 0.05) is 19.6 Å². The molecule has 21 heavy (non-hydrogen) atoms. The van der Waals surface area contributed by atoms with Crippen LogP contribution in [0, 0.1) is 18.2 Å². The minimum absolute atomic E-state index is 0.0826. The maximum atomic E-state index is 13.2. The number of aryl methyl sites for hydroxylation is 1. The van der Waals surface area contributed by atoms with Crippen molar-refractivity contribution >= 4 is 10.0 Å². The first-order chi connectivity index (χ1) is 9.93. The molecule has 2 heterocycles. The minimum atomic E-state index is -3.52. The molecule has 4 nitrogen and oxygen atoms in total. The Morgan fingerprint density at radius 3 is 2.81 bits per heavy atom. The monoisotopic (exact) mass is 312 g/mol. The summed E-state index contributed by atoms with van der Waals surface area (Å²) in [6.45, 7) is 4.68. The van der Waals surface area contributed by atoms with E-state index in [2.05, 4.69) is 5.32 Å². The topological polar surface area (TPSA) is 49.4 Å². The van der Waals surface area contributed by atoms with Crippen molar-refractivity contribution in [1.82, 2.24) is 9.62 Å². The van der Waals surface area contributed by atoms with Crippen molar-refractivity contribution in [3.8, 4) is 0 Å². The molecule has 1 spiro atoms. The number of benzene rings is 1. The van der Waals surface area contributed by atoms with Crippen LogP contribution in [0.4, 0.5) is 4.39 Å². The summed E-state index contributed by atoms with van der Waals surface area (Å²) in [5.41, 5.74) is 0.553. The summed E-state index contributed by atoms with van der Waals surface area (Å²) in [5.74, 6) is -0.402. The van der Waals surface area contributed by atoms with Gasteiger partial charge in [-0.2, -0.15) is 4.31 Å². The lowest BCUT2D eigenvalue weighted by molar-refractivity contribution is 0.224. The lowest BCUT2D eigenvalue weighted by Gasteiger charge is -2.33. The second-order valence-electron chi connectivity index (χ2n) is 6.28. The predicted octanol–water partition coefficient (Wildman–Crippen LogP) is 1.90. The predicted molar refractivity (Wildman–Crippen MR) is 79.0 cm³/mol. The molecular weight excluding hydrogens is 291 g/mol. The maximum Gasteiger partial charge on any atom is 0.243 e. The molecule has 116 valence electrons.